The van der Waals surface area contributed by atoms with Gasteiger partial charge in [0.25, 0.3) is 29.6 Å². The molecule has 11 heterocycles. The first-order valence-corrected chi connectivity index (χ1v) is 48.8. The molecule has 7 N–H and O–H groups in total. The van der Waals surface area contributed by atoms with Crippen LogP contribution in [-0.2, 0) is 26.9 Å². The molecule has 7 aliphatic rings. The molecule has 1 saturated carbocycles. The maximum Gasteiger partial charge on any atom is 0.356 e. The summed E-state index contributed by atoms with van der Waals surface area (Å²) in [7, 11) is -2.63. The van der Waals surface area contributed by atoms with E-state index in [1.54, 1.807) is 55.1 Å². The zero-order valence-corrected chi connectivity index (χ0v) is 79.5. The largest absolute Gasteiger partial charge is 0.385 e. The fourth-order valence-corrected chi connectivity index (χ4v) is 19.6. The number of amides is 5. The molecule has 7 unspecified atom stereocenters. The van der Waals surface area contributed by atoms with Crippen LogP contribution >= 0.6 is 80.3 Å². The summed E-state index contributed by atoms with van der Waals surface area (Å²) in [6.07, 6.45) is 36.6. The fourth-order valence-electron chi connectivity index (χ4n) is 17.4. The lowest BCUT2D eigenvalue weighted by Crippen LogP contribution is -2.49. The summed E-state index contributed by atoms with van der Waals surface area (Å²) in [6.45, 7) is 5.07. The smallest absolute Gasteiger partial charge is 0.356 e. The Morgan fingerprint density at radius 3 is 1.04 bits per heavy atom. The number of rotatable bonds is 19. The monoisotopic (exact) mass is 1940 g/mol. The highest BCUT2D eigenvalue weighted by atomic mass is 35.5. The molecule has 0 bridgehead atoms. The highest BCUT2D eigenvalue weighted by molar-refractivity contribution is 7.81. The average molecular weight is 1950 g/mol. The van der Waals surface area contributed by atoms with Gasteiger partial charge in [-0.2, -0.15) is 0 Å². The molecule has 6 saturated heterocycles. The predicted molar refractivity (Wildman–Crippen MR) is 524 cm³/mol. The van der Waals surface area contributed by atoms with Gasteiger partial charge in [0.05, 0.1) is 53.8 Å². The molecule has 36 heteroatoms. The Morgan fingerprint density at radius 2 is 0.744 bits per heavy atom. The number of methoxy groups -OCH3 is 1. The van der Waals surface area contributed by atoms with E-state index in [4.69, 9.17) is 87.2 Å². The Morgan fingerprint density at radius 1 is 0.444 bits per heavy atom. The highest BCUT2D eigenvalue weighted by Crippen LogP contribution is 2.59. The Balaban J connectivity index is 0.000000150. The van der Waals surface area contributed by atoms with Crippen molar-refractivity contribution >= 4 is 141 Å². The van der Waals surface area contributed by atoms with E-state index in [0.29, 0.717) is 62.6 Å². The summed E-state index contributed by atoms with van der Waals surface area (Å²) in [5.74, 6) is -5.76. The number of hydrogen-bond acceptors (Lipinski definition) is 18. The molecular weight excluding hydrogens is 1840 g/mol. The molecule has 702 valence electrons. The van der Waals surface area contributed by atoms with Crippen LogP contribution in [0, 0.1) is 17.7 Å². The second kappa shape index (κ2) is 50.2. The van der Waals surface area contributed by atoms with Gasteiger partial charge >= 0.3 is 7.60 Å². The third kappa shape index (κ3) is 29.0. The van der Waals surface area contributed by atoms with Crippen molar-refractivity contribution in [2.24, 2.45) is 11.8 Å². The van der Waals surface area contributed by atoms with Crippen LogP contribution in [0.4, 0.5) is 17.6 Å². The Hall–Kier alpha value is -10.5. The first-order chi connectivity index (χ1) is 64.3. The number of pyridine rings is 5. The number of benzene rings is 4. The number of aryl methyl sites for hydroxylation is 2. The minimum atomic E-state index is -4.33. The minimum absolute atomic E-state index is 0.0215. The lowest BCUT2D eigenvalue weighted by Gasteiger charge is -2.37. The summed E-state index contributed by atoms with van der Waals surface area (Å²) < 4.78 is 68.6. The standard InChI is InChI=1S/C22H27N3O2S.C21H24FN3OS.C18H17ClFN3OS.C18H22F2N4OS.C18H20N3O4PS/c1-27-15-5-6-17-9-11-18(12-10-17)21(26)24-22(28)25-14-3-2-8-20(25)19-7-4-13-23-16-19;22-12-3-5-16-8-10-17(11-9-16)20(26)24-21(27)25-14-2-1-7-19(25)18-6-4-13-23-15-18;19-14-7-6-12(10-15(14)20)17(24)22-18(25)23-9-2-1-5-16(23)13-4-3-8-21-11-13;19-18(20)13-9-23(10-14(13)18)11-16(25)22-17(26)24-7-2-1-5-15(24)12-4-3-6-21-8-12;22-17(13-6-8-15(9-7-13)26(23,24)25)20-18(27)21-11-2-1-5-16(21)14-4-3-10-19-12-14/h4,7,9-13,16,20H,2-3,5-6,8,14-15H2,1H3,(H,24,26,28);4,6,8-11,13,15,19H,1-3,5,7,12,14H2,(H,24,26,27);3-4,6-8,10-11,16H,1-2,5,9H2,(H,22,24,25);3-4,6,8,13-15H,1-2,5,7,9-11H2,(H,22,25,26);3-4,6-10,12,16H,1-2,5,11H2,(H,20,22,27)(H2,23,24,25). The number of aromatic nitrogens is 5. The number of piperidine rings is 6. The zero-order valence-electron chi connectivity index (χ0n) is 73.8. The van der Waals surface area contributed by atoms with Crippen LogP contribution < -0.4 is 31.9 Å². The lowest BCUT2D eigenvalue weighted by atomic mass is 9.97. The van der Waals surface area contributed by atoms with Gasteiger partial charge in [0.15, 0.2) is 25.6 Å². The number of nitrogens with one attached hydrogen (secondary N) is 5. The number of carbonyl (C=O) groups excluding carboxylic acids is 5. The summed E-state index contributed by atoms with van der Waals surface area (Å²) >= 11 is 33.2. The zero-order chi connectivity index (χ0) is 94.4. The van der Waals surface area contributed by atoms with Gasteiger partial charge in [0, 0.05) is 156 Å². The van der Waals surface area contributed by atoms with Crippen molar-refractivity contribution in [3.8, 4) is 0 Å². The van der Waals surface area contributed by atoms with E-state index in [1.807, 2.05) is 131 Å². The van der Waals surface area contributed by atoms with Crippen molar-refractivity contribution in [1.29, 1.82) is 0 Å². The van der Waals surface area contributed by atoms with Crippen molar-refractivity contribution in [1.82, 2.24) is 80.9 Å². The Kier molecular flexibility index (Phi) is 38.3. The van der Waals surface area contributed by atoms with Crippen molar-refractivity contribution in [3.63, 3.8) is 0 Å². The molecule has 6 aliphatic heterocycles. The molecule has 7 atom stereocenters. The highest BCUT2D eigenvalue weighted by Gasteiger charge is 2.71. The van der Waals surface area contributed by atoms with Crippen molar-refractivity contribution in [2.75, 3.05) is 72.7 Å². The lowest BCUT2D eigenvalue weighted by molar-refractivity contribution is -0.121. The van der Waals surface area contributed by atoms with Gasteiger partial charge in [0.2, 0.25) is 5.91 Å². The number of thiocarbonyl (C=S) groups is 5. The van der Waals surface area contributed by atoms with E-state index in [2.05, 4.69) is 73.4 Å². The van der Waals surface area contributed by atoms with Crippen LogP contribution in [0.2, 0.25) is 5.02 Å². The minimum Gasteiger partial charge on any atom is -0.385 e. The quantitative estimate of drug-likeness (QED) is 0.0171. The number of ether oxygens (including phenoxy) is 1. The number of alkyl halides is 3. The average Bonchev–Trinajstić information content (AvgIpc) is 1.55. The van der Waals surface area contributed by atoms with Crippen LogP contribution in [0.25, 0.3) is 0 Å². The number of halogens is 5. The second-order valence-electron chi connectivity index (χ2n) is 33.4. The van der Waals surface area contributed by atoms with Gasteiger partial charge < -0.3 is 44.3 Å². The van der Waals surface area contributed by atoms with Crippen LogP contribution in [0.1, 0.15) is 220 Å². The molecule has 7 fully saturated rings. The molecule has 16 rings (SSSR count). The van der Waals surface area contributed by atoms with Crippen molar-refractivity contribution in [2.45, 2.75) is 158 Å². The van der Waals surface area contributed by atoms with E-state index < -0.39 is 43.0 Å². The molecule has 0 radical (unpaired) electrons. The van der Waals surface area contributed by atoms with Gasteiger partial charge in [-0.15, -0.1) is 0 Å². The number of fused-ring (bicyclic) bond motifs is 1. The molecular formula is C97H110ClF4N16O9PS5. The van der Waals surface area contributed by atoms with Crippen LogP contribution in [0.3, 0.4) is 0 Å². The van der Waals surface area contributed by atoms with Gasteiger partial charge in [-0.1, -0.05) is 66.2 Å². The third-order valence-electron chi connectivity index (χ3n) is 24.4. The molecule has 9 aromatic rings. The molecule has 25 nitrogen and oxygen atoms in total. The SMILES string of the molecule is COCCCc1ccc(C(=O)NC(=S)N2CCCCC2c2cccnc2)cc1.O=C(CN1CC2C(C1)C2(F)F)NC(=S)N1CCCCC1c1cccnc1.O=C(NC(=S)N1CCCCC1c1cccnc1)c1ccc(CCCF)cc1.O=C(NC(=S)N1CCCCC1c1cccnc1)c1ccc(Cl)c(F)c1.O=C(NC(=S)N1CCCCC1c1cccnc1)c1ccc(P(=O)(O)O)cc1. The molecule has 5 aromatic heterocycles. The summed E-state index contributed by atoms with van der Waals surface area (Å²) in [5, 5.41) is 15.9. The van der Waals surface area contributed by atoms with E-state index >= 15 is 0 Å². The first-order valence-electron chi connectivity index (χ1n) is 44.8. The van der Waals surface area contributed by atoms with E-state index in [-0.39, 0.29) is 82.6 Å². The summed E-state index contributed by atoms with van der Waals surface area (Å²) in [5.41, 5.74) is 9.32. The van der Waals surface area contributed by atoms with Gasteiger partial charge in [-0.25, -0.2) is 13.2 Å². The van der Waals surface area contributed by atoms with Crippen molar-refractivity contribution < 1.29 is 60.6 Å². The molecule has 4 aromatic carbocycles. The number of hydrogen-bond donors (Lipinski definition) is 7. The molecule has 5 amide bonds. The van der Waals surface area contributed by atoms with Gasteiger partial charge in [-0.05, 0) is 319 Å². The van der Waals surface area contributed by atoms with Crippen LogP contribution in [-0.4, -0.2) is 198 Å². The number of likely N-dealkylation sites (tertiary alicyclic amines) is 6. The van der Waals surface area contributed by atoms with Crippen LogP contribution in [0.5, 0.6) is 0 Å². The third-order valence-corrected chi connectivity index (χ3v) is 27.4. The number of nitrogens with zero attached hydrogens (tertiary/aromatic N) is 11. The number of carbonyl (C=O) groups is 5. The Labute approximate surface area is 805 Å². The van der Waals surface area contributed by atoms with E-state index in [9.17, 15) is 46.1 Å². The van der Waals surface area contributed by atoms with E-state index in [1.165, 1.54) is 42.0 Å². The van der Waals surface area contributed by atoms with Crippen molar-refractivity contribution in [3.05, 3.63) is 286 Å². The maximum atomic E-state index is 13.6. The second-order valence-corrected chi connectivity index (χ2v) is 37.4. The maximum absolute atomic E-state index is 13.6. The van der Waals surface area contributed by atoms with E-state index in [0.717, 1.165) is 188 Å². The topological polar surface area (TPSA) is 296 Å². The molecule has 0 spiro atoms. The fraction of sp³-hybridized carbons (Fsp3) is 0.392. The first kappa shape index (κ1) is 101. The van der Waals surface area contributed by atoms with Gasteiger partial charge in [-0.3, -0.25) is 84.0 Å². The molecule has 1 aliphatic carbocycles. The normalized spacial score (nSPS) is 19.5. The predicted octanol–water partition coefficient (Wildman–Crippen LogP) is 16.6. The summed E-state index contributed by atoms with van der Waals surface area (Å²) in [6, 6.07) is 44.4. The molecule has 133 heavy (non-hydrogen) atoms. The van der Waals surface area contributed by atoms with Crippen LogP contribution in [0.15, 0.2) is 214 Å². The summed E-state index contributed by atoms with van der Waals surface area (Å²) in [4.78, 5) is 114. The van der Waals surface area contributed by atoms with Gasteiger partial charge in [0.1, 0.15) is 5.82 Å². The Bertz CT molecular complexity index is 5450.